The molecule has 0 spiro atoms. The van der Waals surface area contributed by atoms with Crippen molar-refractivity contribution in [1.29, 1.82) is 0 Å². The minimum atomic E-state index is -4.48. The summed E-state index contributed by atoms with van der Waals surface area (Å²) in [6, 6.07) is 14.9. The van der Waals surface area contributed by atoms with Gasteiger partial charge in [-0.1, -0.05) is 18.2 Å². The van der Waals surface area contributed by atoms with Crippen LogP contribution < -0.4 is 10.1 Å². The molecular formula is C20H14F3N5O2. The van der Waals surface area contributed by atoms with Gasteiger partial charge in [-0.05, 0) is 42.5 Å². The molecule has 1 amide bonds. The van der Waals surface area contributed by atoms with Crippen LogP contribution in [0.2, 0.25) is 0 Å². The number of hydrogen-bond acceptors (Lipinski definition) is 5. The number of carbonyl (C=O) groups excluding carboxylic acids is 1. The quantitative estimate of drug-likeness (QED) is 0.538. The summed E-state index contributed by atoms with van der Waals surface area (Å²) >= 11 is 0. The lowest BCUT2D eigenvalue weighted by Crippen LogP contribution is -2.20. The number of hydrogen-bond donors (Lipinski definition) is 1. The molecule has 7 nitrogen and oxygen atoms in total. The maximum absolute atomic E-state index is 12.8. The van der Waals surface area contributed by atoms with Crippen molar-refractivity contribution in [2.75, 3.05) is 11.9 Å². The lowest BCUT2D eigenvalue weighted by atomic mass is 10.1. The van der Waals surface area contributed by atoms with Gasteiger partial charge in [0.15, 0.2) is 12.3 Å². The summed E-state index contributed by atoms with van der Waals surface area (Å²) in [6.07, 6.45) is -3.00. The van der Waals surface area contributed by atoms with Crippen LogP contribution in [0.4, 0.5) is 18.9 Å². The van der Waals surface area contributed by atoms with Crippen LogP contribution in [-0.2, 0) is 11.0 Å². The summed E-state index contributed by atoms with van der Waals surface area (Å²) < 4.78 is 45.0. The third kappa shape index (κ3) is 4.37. The van der Waals surface area contributed by atoms with E-state index in [0.717, 1.165) is 17.7 Å². The van der Waals surface area contributed by atoms with Gasteiger partial charge in [0.2, 0.25) is 0 Å². The van der Waals surface area contributed by atoms with Gasteiger partial charge in [0.1, 0.15) is 12.1 Å². The Labute approximate surface area is 168 Å². The maximum atomic E-state index is 12.8. The molecular weight excluding hydrogens is 399 g/mol. The molecule has 0 fully saturated rings. The molecule has 0 saturated carbocycles. The first kappa shape index (κ1) is 19.4. The molecule has 0 aliphatic rings. The van der Waals surface area contributed by atoms with Gasteiger partial charge >= 0.3 is 6.18 Å². The Morgan fingerprint density at radius 1 is 1.07 bits per heavy atom. The fourth-order valence-corrected chi connectivity index (χ4v) is 2.75. The average molecular weight is 413 g/mol. The minimum Gasteiger partial charge on any atom is -0.484 e. The highest BCUT2D eigenvalue weighted by Crippen LogP contribution is 2.31. The molecule has 2 heterocycles. The highest BCUT2D eigenvalue weighted by molar-refractivity contribution is 5.92. The zero-order valence-electron chi connectivity index (χ0n) is 15.3. The summed E-state index contributed by atoms with van der Waals surface area (Å²) in [4.78, 5) is 12.2. The van der Waals surface area contributed by atoms with Crippen molar-refractivity contribution < 1.29 is 22.7 Å². The number of nitrogens with zero attached hydrogens (tertiary/aromatic N) is 4. The van der Waals surface area contributed by atoms with Gasteiger partial charge in [0.05, 0.1) is 11.3 Å². The highest BCUT2D eigenvalue weighted by Gasteiger charge is 2.30. The monoisotopic (exact) mass is 413 g/mol. The Bertz CT molecular complexity index is 1210. The summed E-state index contributed by atoms with van der Waals surface area (Å²) in [5.41, 5.74) is 1.66. The number of carbonyl (C=O) groups is 1. The normalized spacial score (nSPS) is 11.4. The lowest BCUT2D eigenvalue weighted by Gasteiger charge is -2.11. The summed E-state index contributed by atoms with van der Waals surface area (Å²) in [5, 5.41) is 14.7. The zero-order chi connectivity index (χ0) is 21.1. The van der Waals surface area contributed by atoms with Crippen molar-refractivity contribution in [2.24, 2.45) is 0 Å². The standard InChI is InChI=1S/C20H14F3N5O2/c21-20(22,23)14-4-2-6-16(10-14)30-11-19(29)25-15-5-1-3-13(9-15)17-7-8-18-26-24-12-28(18)27-17/h1-10,12H,11H2,(H,25,29). The molecule has 0 saturated heterocycles. The molecule has 4 aromatic rings. The van der Waals surface area contributed by atoms with Crippen molar-refractivity contribution in [1.82, 2.24) is 19.8 Å². The summed E-state index contributed by atoms with van der Waals surface area (Å²) in [6.45, 7) is -0.434. The molecule has 0 unspecified atom stereocenters. The van der Waals surface area contributed by atoms with Gasteiger partial charge < -0.3 is 10.1 Å². The van der Waals surface area contributed by atoms with E-state index in [9.17, 15) is 18.0 Å². The predicted molar refractivity (Wildman–Crippen MR) is 102 cm³/mol. The topological polar surface area (TPSA) is 81.4 Å². The minimum absolute atomic E-state index is 0.0415. The van der Waals surface area contributed by atoms with Crippen LogP contribution in [-0.4, -0.2) is 32.3 Å². The van der Waals surface area contributed by atoms with Crippen LogP contribution in [0.3, 0.4) is 0 Å². The van der Waals surface area contributed by atoms with E-state index in [4.69, 9.17) is 4.74 Å². The van der Waals surface area contributed by atoms with Crippen molar-refractivity contribution in [3.63, 3.8) is 0 Å². The van der Waals surface area contributed by atoms with Crippen LogP contribution in [0.5, 0.6) is 5.75 Å². The Morgan fingerprint density at radius 2 is 1.90 bits per heavy atom. The number of aromatic nitrogens is 4. The molecule has 0 atom stereocenters. The Hall–Kier alpha value is -3.95. The average Bonchev–Trinajstić information content (AvgIpc) is 3.20. The highest BCUT2D eigenvalue weighted by atomic mass is 19.4. The van der Waals surface area contributed by atoms with Gasteiger partial charge in [-0.3, -0.25) is 4.79 Å². The molecule has 1 N–H and O–H groups in total. The summed E-state index contributed by atoms with van der Waals surface area (Å²) in [5.74, 6) is -0.549. The van der Waals surface area contributed by atoms with E-state index < -0.39 is 24.3 Å². The predicted octanol–water partition coefficient (Wildman–Crippen LogP) is 3.83. The molecule has 152 valence electrons. The van der Waals surface area contributed by atoms with E-state index in [-0.39, 0.29) is 5.75 Å². The number of nitrogens with one attached hydrogen (secondary N) is 1. The lowest BCUT2D eigenvalue weighted by molar-refractivity contribution is -0.137. The number of anilines is 1. The van der Waals surface area contributed by atoms with E-state index >= 15 is 0 Å². The van der Waals surface area contributed by atoms with Crippen LogP contribution in [0, 0.1) is 0 Å². The molecule has 0 bridgehead atoms. The number of halogens is 3. The van der Waals surface area contributed by atoms with Gasteiger partial charge in [-0.25, -0.2) is 0 Å². The second-order valence-corrected chi connectivity index (χ2v) is 6.30. The first-order chi connectivity index (χ1) is 14.4. The Kier molecular flexibility index (Phi) is 5.05. The first-order valence-electron chi connectivity index (χ1n) is 8.76. The van der Waals surface area contributed by atoms with Crippen molar-refractivity contribution in [3.05, 3.63) is 72.6 Å². The van der Waals surface area contributed by atoms with Crippen LogP contribution in [0.1, 0.15) is 5.56 Å². The molecule has 0 aliphatic carbocycles. The van der Waals surface area contributed by atoms with E-state index in [1.807, 2.05) is 6.07 Å². The molecule has 0 aliphatic heterocycles. The first-order valence-corrected chi connectivity index (χ1v) is 8.76. The molecule has 30 heavy (non-hydrogen) atoms. The Balaban J connectivity index is 1.42. The van der Waals surface area contributed by atoms with Crippen LogP contribution in [0.15, 0.2) is 67.0 Å². The third-order valence-corrected chi connectivity index (χ3v) is 4.14. The molecule has 2 aromatic heterocycles. The van der Waals surface area contributed by atoms with Crippen molar-refractivity contribution in [2.45, 2.75) is 6.18 Å². The summed E-state index contributed by atoms with van der Waals surface area (Å²) in [7, 11) is 0. The second-order valence-electron chi connectivity index (χ2n) is 6.30. The van der Waals surface area contributed by atoms with Crippen LogP contribution >= 0.6 is 0 Å². The molecule has 2 aromatic carbocycles. The van der Waals surface area contributed by atoms with E-state index in [0.29, 0.717) is 17.0 Å². The number of fused-ring (bicyclic) bond motifs is 1. The SMILES string of the molecule is O=C(COc1cccc(C(F)(F)F)c1)Nc1cccc(-c2ccc3nncn3n2)c1. The van der Waals surface area contributed by atoms with Gasteiger partial charge in [0.25, 0.3) is 5.91 Å². The molecule has 10 heteroatoms. The van der Waals surface area contributed by atoms with Gasteiger partial charge in [0, 0.05) is 11.3 Å². The Morgan fingerprint density at radius 3 is 2.73 bits per heavy atom. The molecule has 4 rings (SSSR count). The number of alkyl halides is 3. The fraction of sp³-hybridized carbons (Fsp3) is 0.100. The smallest absolute Gasteiger partial charge is 0.416 e. The largest absolute Gasteiger partial charge is 0.484 e. The van der Waals surface area contributed by atoms with E-state index in [2.05, 4.69) is 20.6 Å². The maximum Gasteiger partial charge on any atom is 0.416 e. The van der Waals surface area contributed by atoms with E-state index in [1.165, 1.54) is 23.0 Å². The molecule has 0 radical (unpaired) electrons. The van der Waals surface area contributed by atoms with Crippen molar-refractivity contribution >= 4 is 17.2 Å². The van der Waals surface area contributed by atoms with Gasteiger partial charge in [-0.15, -0.1) is 10.2 Å². The number of benzene rings is 2. The number of amides is 1. The number of rotatable bonds is 5. The third-order valence-electron chi connectivity index (χ3n) is 4.14. The van der Waals surface area contributed by atoms with E-state index in [1.54, 1.807) is 30.3 Å². The number of ether oxygens (including phenoxy) is 1. The zero-order valence-corrected chi connectivity index (χ0v) is 15.3. The second kappa shape index (κ2) is 7.82. The van der Waals surface area contributed by atoms with Gasteiger partial charge in [-0.2, -0.15) is 22.8 Å². The van der Waals surface area contributed by atoms with Crippen molar-refractivity contribution in [3.8, 4) is 17.0 Å². The van der Waals surface area contributed by atoms with Crippen LogP contribution in [0.25, 0.3) is 16.9 Å². The fourth-order valence-electron chi connectivity index (χ4n) is 2.75.